The Bertz CT molecular complexity index is 960. The van der Waals surface area contributed by atoms with E-state index in [1.165, 1.54) is 44.1 Å². The minimum absolute atomic E-state index is 0.0839. The summed E-state index contributed by atoms with van der Waals surface area (Å²) >= 11 is 0. The molecule has 56 heavy (non-hydrogen) atoms. The molecular formula is C42H76O14. The summed E-state index contributed by atoms with van der Waals surface area (Å²) in [6.07, 6.45) is 9.06. The molecule has 0 saturated heterocycles. The Morgan fingerprint density at radius 2 is 0.750 bits per heavy atom. The van der Waals surface area contributed by atoms with Crippen LogP contribution in [0.2, 0.25) is 0 Å². The molecule has 14 nitrogen and oxygen atoms in total. The molecule has 0 radical (unpaired) electrons. The van der Waals surface area contributed by atoms with Gasteiger partial charge in [-0.3, -0.25) is 0 Å². The molecule has 0 saturated carbocycles. The minimum atomic E-state index is -0.513. The fourth-order valence-corrected chi connectivity index (χ4v) is 4.81. The van der Waals surface area contributed by atoms with E-state index in [4.69, 9.17) is 61.6 Å². The lowest BCUT2D eigenvalue weighted by Crippen LogP contribution is -2.27. The van der Waals surface area contributed by atoms with Crippen LogP contribution in [-0.4, -0.2) is 164 Å². The van der Waals surface area contributed by atoms with Crippen LogP contribution >= 0.6 is 0 Å². The van der Waals surface area contributed by atoms with E-state index >= 15 is 0 Å². The lowest BCUT2D eigenvalue weighted by atomic mass is 10.0. The second-order valence-electron chi connectivity index (χ2n) is 13.8. The normalized spacial score (nSPS) is 11.7. The van der Waals surface area contributed by atoms with E-state index in [0.717, 1.165) is 12.2 Å². The van der Waals surface area contributed by atoms with Crippen LogP contribution in [0.3, 0.4) is 0 Å². The molecule has 0 spiro atoms. The second kappa shape index (κ2) is 39.9. The van der Waals surface area contributed by atoms with Gasteiger partial charge in [0.2, 0.25) is 0 Å². The van der Waals surface area contributed by atoms with Crippen molar-refractivity contribution in [3.05, 3.63) is 29.8 Å². The summed E-state index contributed by atoms with van der Waals surface area (Å²) in [5.41, 5.74) is 0.861. The van der Waals surface area contributed by atoms with Gasteiger partial charge in [0.05, 0.1) is 139 Å². The van der Waals surface area contributed by atoms with E-state index < -0.39 is 5.60 Å². The molecular weight excluding hydrogens is 728 g/mol. The van der Waals surface area contributed by atoms with Crippen molar-refractivity contribution in [1.29, 1.82) is 0 Å². The summed E-state index contributed by atoms with van der Waals surface area (Å²) in [6.45, 7) is 18.2. The number of hydrogen-bond donors (Lipinski definition) is 0. The van der Waals surface area contributed by atoms with Crippen molar-refractivity contribution in [2.75, 3.05) is 152 Å². The van der Waals surface area contributed by atoms with Crippen LogP contribution in [0.4, 0.5) is 0 Å². The van der Waals surface area contributed by atoms with Crippen molar-refractivity contribution in [1.82, 2.24) is 0 Å². The highest BCUT2D eigenvalue weighted by Crippen LogP contribution is 2.15. The summed E-state index contributed by atoms with van der Waals surface area (Å²) < 4.78 is 71.1. The zero-order valence-corrected chi connectivity index (χ0v) is 35.2. The topological polar surface area (TPSA) is 137 Å². The number of benzene rings is 1. The summed E-state index contributed by atoms with van der Waals surface area (Å²) in [5, 5.41) is 0. The molecule has 0 N–H and O–H groups in total. The molecule has 0 heterocycles. The van der Waals surface area contributed by atoms with E-state index in [9.17, 15) is 4.79 Å². The van der Waals surface area contributed by atoms with Gasteiger partial charge >= 0.3 is 5.97 Å². The largest absolute Gasteiger partial charge is 0.491 e. The van der Waals surface area contributed by atoms with Crippen LogP contribution < -0.4 is 4.74 Å². The Hall–Kier alpha value is -1.95. The molecule has 0 fully saturated rings. The van der Waals surface area contributed by atoms with Gasteiger partial charge in [-0.2, -0.15) is 0 Å². The summed E-state index contributed by atoms with van der Waals surface area (Å²) in [6, 6.07) is 8.42. The van der Waals surface area contributed by atoms with Gasteiger partial charge in [0.15, 0.2) is 0 Å². The van der Waals surface area contributed by atoms with Gasteiger partial charge in [0.1, 0.15) is 24.6 Å². The molecule has 0 aliphatic carbocycles. The van der Waals surface area contributed by atoms with Gasteiger partial charge in [-0.05, 0) is 51.3 Å². The molecule has 1 aromatic rings. The number of rotatable bonds is 43. The first-order valence-electron chi connectivity index (χ1n) is 20.7. The van der Waals surface area contributed by atoms with Crippen molar-refractivity contribution in [2.45, 2.75) is 78.2 Å². The highest BCUT2D eigenvalue weighted by molar-refractivity contribution is 5.71. The van der Waals surface area contributed by atoms with Crippen molar-refractivity contribution in [2.24, 2.45) is 0 Å². The third kappa shape index (κ3) is 38.9. The number of carbonyl (C=O) groups excluding carboxylic acids is 1. The Kier molecular flexibility index (Phi) is 37.1. The molecule has 0 bridgehead atoms. The third-order valence-electron chi connectivity index (χ3n) is 7.60. The molecule has 0 unspecified atom stereocenters. The molecule has 0 aliphatic rings. The predicted molar refractivity (Wildman–Crippen MR) is 214 cm³/mol. The van der Waals surface area contributed by atoms with Crippen molar-refractivity contribution >= 4 is 5.97 Å². The van der Waals surface area contributed by atoms with E-state index in [1.807, 2.05) is 32.9 Å². The molecule has 1 rings (SSSR count). The molecule has 0 atom stereocenters. The van der Waals surface area contributed by atoms with Crippen LogP contribution in [0.1, 0.15) is 71.8 Å². The summed E-state index contributed by atoms with van der Waals surface area (Å²) in [5.74, 6) is 0.495. The number of ether oxygens (including phenoxy) is 13. The predicted octanol–water partition coefficient (Wildman–Crippen LogP) is 5.49. The van der Waals surface area contributed by atoms with Crippen molar-refractivity contribution in [3.63, 3.8) is 0 Å². The average Bonchev–Trinajstić information content (AvgIpc) is 3.17. The number of esters is 1. The third-order valence-corrected chi connectivity index (χ3v) is 7.60. The number of aryl methyl sites for hydroxylation is 1. The molecule has 0 aromatic heterocycles. The van der Waals surface area contributed by atoms with Crippen molar-refractivity contribution < 1.29 is 66.4 Å². The Balaban J connectivity index is 1.68. The SMILES string of the molecule is CCCCCCCCc1ccc(OCCOCCOCCOCCOCCOCCOCCOCCOCCOCCOCCOCC(=O)OC(C)(C)C)cc1. The maximum atomic E-state index is 11.5. The van der Waals surface area contributed by atoms with E-state index in [-0.39, 0.29) is 12.6 Å². The van der Waals surface area contributed by atoms with Crippen LogP contribution in [-0.2, 0) is 68.1 Å². The number of unbranched alkanes of at least 4 members (excludes halogenated alkanes) is 5. The Morgan fingerprint density at radius 1 is 0.429 bits per heavy atom. The van der Waals surface area contributed by atoms with Gasteiger partial charge in [-0.25, -0.2) is 4.79 Å². The van der Waals surface area contributed by atoms with Gasteiger partial charge in [-0.15, -0.1) is 0 Å². The smallest absolute Gasteiger partial charge is 0.332 e. The Labute approximate surface area is 337 Å². The van der Waals surface area contributed by atoms with Crippen LogP contribution in [0.15, 0.2) is 24.3 Å². The summed E-state index contributed by atoms with van der Waals surface area (Å²) in [7, 11) is 0. The zero-order valence-electron chi connectivity index (χ0n) is 35.2. The monoisotopic (exact) mass is 805 g/mol. The zero-order chi connectivity index (χ0) is 40.5. The molecule has 328 valence electrons. The number of hydrogen-bond acceptors (Lipinski definition) is 14. The fraction of sp³-hybridized carbons (Fsp3) is 0.833. The van der Waals surface area contributed by atoms with E-state index in [0.29, 0.717) is 145 Å². The lowest BCUT2D eigenvalue weighted by molar-refractivity contribution is -0.160. The average molecular weight is 805 g/mol. The highest BCUT2D eigenvalue weighted by atomic mass is 16.6. The molecule has 0 aliphatic heterocycles. The van der Waals surface area contributed by atoms with Crippen LogP contribution in [0, 0.1) is 0 Å². The van der Waals surface area contributed by atoms with Crippen molar-refractivity contribution in [3.8, 4) is 5.75 Å². The van der Waals surface area contributed by atoms with Gasteiger partial charge < -0.3 is 61.6 Å². The first kappa shape index (κ1) is 52.1. The van der Waals surface area contributed by atoms with Gasteiger partial charge in [0.25, 0.3) is 0 Å². The maximum Gasteiger partial charge on any atom is 0.332 e. The van der Waals surface area contributed by atoms with Crippen LogP contribution in [0.5, 0.6) is 5.75 Å². The standard InChI is InChI=1S/C42H76O14/c1-5-6-7-8-9-10-11-39-12-14-40(15-13-39)55-37-36-53-33-32-51-29-28-49-25-24-47-21-20-45-17-16-44-18-19-46-22-23-48-26-27-50-30-31-52-34-35-54-38-41(43)56-42(2,3)4/h12-15H,5-11,16-38H2,1-4H3. The maximum absolute atomic E-state index is 11.5. The minimum Gasteiger partial charge on any atom is -0.491 e. The lowest BCUT2D eigenvalue weighted by Gasteiger charge is -2.19. The van der Waals surface area contributed by atoms with E-state index in [2.05, 4.69) is 19.1 Å². The molecule has 1 aromatic carbocycles. The van der Waals surface area contributed by atoms with Gasteiger partial charge in [0, 0.05) is 0 Å². The highest BCUT2D eigenvalue weighted by Gasteiger charge is 2.15. The summed E-state index contributed by atoms with van der Waals surface area (Å²) in [4.78, 5) is 11.5. The molecule has 14 heteroatoms. The Morgan fingerprint density at radius 3 is 1.11 bits per heavy atom. The van der Waals surface area contributed by atoms with Crippen LogP contribution in [0.25, 0.3) is 0 Å². The molecule has 0 amide bonds. The number of carbonyl (C=O) groups is 1. The first-order valence-corrected chi connectivity index (χ1v) is 20.7. The first-order chi connectivity index (χ1) is 27.4. The second-order valence-corrected chi connectivity index (χ2v) is 13.8. The van der Waals surface area contributed by atoms with Gasteiger partial charge in [-0.1, -0.05) is 51.2 Å². The quantitative estimate of drug-likeness (QED) is 0.0608. The fourth-order valence-electron chi connectivity index (χ4n) is 4.81. The van der Waals surface area contributed by atoms with E-state index in [1.54, 1.807) is 0 Å².